The smallest absolute Gasteiger partial charge is 0.0794 e. The van der Waals surface area contributed by atoms with Crippen molar-refractivity contribution in [2.45, 2.75) is 38.1 Å². The molecule has 2 aliphatic rings. The van der Waals surface area contributed by atoms with Gasteiger partial charge in [-0.05, 0) is 37.5 Å². The van der Waals surface area contributed by atoms with E-state index in [0.717, 1.165) is 32.2 Å². The molecule has 3 nitrogen and oxygen atoms in total. The van der Waals surface area contributed by atoms with Gasteiger partial charge in [0, 0.05) is 31.2 Å². The molecular formula is C13H20N2OS. The van der Waals surface area contributed by atoms with Gasteiger partial charge in [0.05, 0.1) is 11.2 Å². The van der Waals surface area contributed by atoms with E-state index in [1.807, 2.05) is 5.51 Å². The summed E-state index contributed by atoms with van der Waals surface area (Å²) in [6.45, 7) is 2.96. The predicted octanol–water partition coefficient (Wildman–Crippen LogP) is 2.23. The Morgan fingerprint density at radius 3 is 2.88 bits per heavy atom. The van der Waals surface area contributed by atoms with Gasteiger partial charge in [-0.3, -0.25) is 0 Å². The summed E-state index contributed by atoms with van der Waals surface area (Å²) in [5.41, 5.74) is 3.58. The molecule has 0 aromatic carbocycles. The van der Waals surface area contributed by atoms with Gasteiger partial charge in [-0.1, -0.05) is 0 Å². The Hall–Kier alpha value is -0.450. The lowest BCUT2D eigenvalue weighted by molar-refractivity contribution is 0.0143. The monoisotopic (exact) mass is 252 g/mol. The van der Waals surface area contributed by atoms with Crippen molar-refractivity contribution < 1.29 is 4.74 Å². The molecule has 2 heterocycles. The van der Waals surface area contributed by atoms with Crippen molar-refractivity contribution in [1.82, 2.24) is 10.3 Å². The fraction of sp³-hybridized carbons (Fsp3) is 0.769. The van der Waals surface area contributed by atoms with Crippen molar-refractivity contribution in [3.8, 4) is 0 Å². The number of aromatic nitrogens is 1. The zero-order valence-corrected chi connectivity index (χ0v) is 11.0. The Balaban J connectivity index is 1.65. The van der Waals surface area contributed by atoms with Gasteiger partial charge in [0.2, 0.25) is 0 Å². The SMILES string of the molecule is c1nc(CC2(CNC3CC3)CCOCC2)cs1. The Morgan fingerprint density at radius 1 is 1.41 bits per heavy atom. The van der Waals surface area contributed by atoms with Crippen LogP contribution in [0.3, 0.4) is 0 Å². The largest absolute Gasteiger partial charge is 0.381 e. The van der Waals surface area contributed by atoms with Gasteiger partial charge >= 0.3 is 0 Å². The zero-order valence-electron chi connectivity index (χ0n) is 10.2. The molecule has 0 unspecified atom stereocenters. The minimum Gasteiger partial charge on any atom is -0.381 e. The standard InChI is InChI=1S/C13H20N2OS/c1-2-11(1)14-9-13(3-5-16-6-4-13)7-12-8-17-10-15-12/h8,10-11,14H,1-7,9H2. The van der Waals surface area contributed by atoms with Crippen molar-refractivity contribution in [3.63, 3.8) is 0 Å². The summed E-state index contributed by atoms with van der Waals surface area (Å²) in [5.74, 6) is 0. The molecule has 0 spiro atoms. The summed E-state index contributed by atoms with van der Waals surface area (Å²) in [6.07, 6.45) is 6.18. The van der Waals surface area contributed by atoms with Gasteiger partial charge in [-0.25, -0.2) is 4.98 Å². The van der Waals surface area contributed by atoms with Crippen molar-refractivity contribution >= 4 is 11.3 Å². The van der Waals surface area contributed by atoms with E-state index in [9.17, 15) is 0 Å². The van der Waals surface area contributed by atoms with Crippen LogP contribution in [0.1, 0.15) is 31.4 Å². The Bertz CT molecular complexity index is 342. The van der Waals surface area contributed by atoms with Gasteiger partial charge < -0.3 is 10.1 Å². The van der Waals surface area contributed by atoms with Crippen LogP contribution in [0.15, 0.2) is 10.9 Å². The van der Waals surface area contributed by atoms with E-state index in [2.05, 4.69) is 15.7 Å². The van der Waals surface area contributed by atoms with E-state index >= 15 is 0 Å². The molecule has 2 fully saturated rings. The number of nitrogens with one attached hydrogen (secondary N) is 1. The molecule has 1 aliphatic heterocycles. The van der Waals surface area contributed by atoms with Crippen LogP contribution in [0.2, 0.25) is 0 Å². The van der Waals surface area contributed by atoms with Crippen molar-refractivity contribution in [1.29, 1.82) is 0 Å². The summed E-state index contributed by atoms with van der Waals surface area (Å²) in [4.78, 5) is 4.45. The summed E-state index contributed by atoms with van der Waals surface area (Å²) in [6, 6.07) is 0.796. The summed E-state index contributed by atoms with van der Waals surface area (Å²) < 4.78 is 5.52. The maximum absolute atomic E-state index is 5.52. The van der Waals surface area contributed by atoms with Gasteiger partial charge in [-0.2, -0.15) is 0 Å². The first-order valence-corrected chi connectivity index (χ1v) is 7.49. The van der Waals surface area contributed by atoms with Gasteiger partial charge in [-0.15, -0.1) is 11.3 Å². The average molecular weight is 252 g/mol. The van der Waals surface area contributed by atoms with Gasteiger partial charge in [0.15, 0.2) is 0 Å². The lowest BCUT2D eigenvalue weighted by Crippen LogP contribution is -2.41. The molecule has 17 heavy (non-hydrogen) atoms. The number of nitrogens with zero attached hydrogens (tertiary/aromatic N) is 1. The highest BCUT2D eigenvalue weighted by atomic mass is 32.1. The molecule has 1 saturated heterocycles. The van der Waals surface area contributed by atoms with Crippen LogP contribution in [0.25, 0.3) is 0 Å². The van der Waals surface area contributed by atoms with Crippen LogP contribution in [-0.4, -0.2) is 30.8 Å². The Kier molecular flexibility index (Phi) is 3.45. The van der Waals surface area contributed by atoms with E-state index in [1.54, 1.807) is 11.3 Å². The highest BCUT2D eigenvalue weighted by Gasteiger charge is 2.35. The zero-order chi connectivity index (χ0) is 11.6. The first-order valence-electron chi connectivity index (χ1n) is 6.55. The molecule has 3 rings (SSSR count). The van der Waals surface area contributed by atoms with Crippen LogP contribution in [-0.2, 0) is 11.2 Å². The number of rotatable bonds is 5. The normalized spacial score (nSPS) is 23.8. The summed E-state index contributed by atoms with van der Waals surface area (Å²) in [5, 5.41) is 5.89. The molecule has 1 N–H and O–H groups in total. The fourth-order valence-electron chi connectivity index (χ4n) is 2.58. The third-order valence-electron chi connectivity index (χ3n) is 3.94. The van der Waals surface area contributed by atoms with Crippen LogP contribution < -0.4 is 5.32 Å². The molecule has 1 aromatic heterocycles. The second-order valence-electron chi connectivity index (χ2n) is 5.42. The highest BCUT2D eigenvalue weighted by molar-refractivity contribution is 7.07. The van der Waals surface area contributed by atoms with Gasteiger partial charge in [0.1, 0.15) is 0 Å². The third kappa shape index (κ3) is 3.06. The molecule has 0 radical (unpaired) electrons. The number of hydrogen-bond donors (Lipinski definition) is 1. The maximum atomic E-state index is 5.52. The quantitative estimate of drug-likeness (QED) is 0.872. The topological polar surface area (TPSA) is 34.2 Å². The molecule has 94 valence electrons. The first kappa shape index (κ1) is 11.6. The molecule has 1 aliphatic carbocycles. The van der Waals surface area contributed by atoms with E-state index in [0.29, 0.717) is 5.41 Å². The van der Waals surface area contributed by atoms with Crippen LogP contribution in [0.4, 0.5) is 0 Å². The highest BCUT2D eigenvalue weighted by Crippen LogP contribution is 2.34. The molecular weight excluding hydrogens is 232 g/mol. The average Bonchev–Trinajstić information content (AvgIpc) is 3.06. The van der Waals surface area contributed by atoms with Crippen molar-refractivity contribution in [2.24, 2.45) is 5.41 Å². The van der Waals surface area contributed by atoms with E-state index in [4.69, 9.17) is 4.74 Å². The minimum absolute atomic E-state index is 0.384. The van der Waals surface area contributed by atoms with Crippen LogP contribution in [0, 0.1) is 5.41 Å². The molecule has 4 heteroatoms. The van der Waals surface area contributed by atoms with Crippen molar-refractivity contribution in [3.05, 3.63) is 16.6 Å². The third-order valence-corrected chi connectivity index (χ3v) is 4.57. The van der Waals surface area contributed by atoms with Crippen LogP contribution >= 0.6 is 11.3 Å². The number of hydrogen-bond acceptors (Lipinski definition) is 4. The molecule has 1 aromatic rings. The second-order valence-corrected chi connectivity index (χ2v) is 6.14. The maximum Gasteiger partial charge on any atom is 0.0794 e. The summed E-state index contributed by atoms with van der Waals surface area (Å²) in [7, 11) is 0. The second kappa shape index (κ2) is 5.04. The molecule has 0 amide bonds. The lowest BCUT2D eigenvalue weighted by Gasteiger charge is -2.37. The number of ether oxygens (including phenoxy) is 1. The molecule has 0 bridgehead atoms. The first-order chi connectivity index (χ1) is 8.36. The minimum atomic E-state index is 0.384. The predicted molar refractivity (Wildman–Crippen MR) is 69.3 cm³/mol. The van der Waals surface area contributed by atoms with E-state index in [1.165, 1.54) is 31.4 Å². The Morgan fingerprint density at radius 2 is 2.24 bits per heavy atom. The lowest BCUT2D eigenvalue weighted by atomic mass is 9.76. The van der Waals surface area contributed by atoms with E-state index in [-0.39, 0.29) is 0 Å². The van der Waals surface area contributed by atoms with Gasteiger partial charge in [0.25, 0.3) is 0 Å². The summed E-state index contributed by atoms with van der Waals surface area (Å²) >= 11 is 1.70. The fourth-order valence-corrected chi connectivity index (χ4v) is 3.14. The van der Waals surface area contributed by atoms with E-state index < -0.39 is 0 Å². The number of thiazole rings is 1. The van der Waals surface area contributed by atoms with Crippen molar-refractivity contribution in [2.75, 3.05) is 19.8 Å². The Labute approximate surface area is 107 Å². The van der Waals surface area contributed by atoms with Crippen LogP contribution in [0.5, 0.6) is 0 Å². The molecule has 0 atom stereocenters. The molecule has 1 saturated carbocycles.